The van der Waals surface area contributed by atoms with Crippen LogP contribution in [0.25, 0.3) is 22.3 Å². The zero-order chi connectivity index (χ0) is 12.5. The van der Waals surface area contributed by atoms with Gasteiger partial charge >= 0.3 is 0 Å². The number of hydrogen-bond donors (Lipinski definition) is 2. The molecule has 0 aliphatic heterocycles. The van der Waals surface area contributed by atoms with Crippen LogP contribution < -0.4 is 0 Å². The molecule has 18 heavy (non-hydrogen) atoms. The fourth-order valence-electron chi connectivity index (χ4n) is 1.84. The lowest BCUT2D eigenvalue weighted by molar-refractivity contribution is 0.274. The fourth-order valence-corrected chi connectivity index (χ4v) is 1.84. The van der Waals surface area contributed by atoms with Gasteiger partial charge in [-0.1, -0.05) is 5.16 Å². The molecule has 3 aromatic rings. The minimum Gasteiger partial charge on any atom is -0.396 e. The lowest BCUT2D eigenvalue weighted by atomic mass is 10.1. The molecule has 0 saturated heterocycles. The summed E-state index contributed by atoms with van der Waals surface area (Å²) < 4.78 is 18.0. The van der Waals surface area contributed by atoms with Crippen LogP contribution in [0.5, 0.6) is 0 Å². The van der Waals surface area contributed by atoms with Gasteiger partial charge in [0.1, 0.15) is 5.82 Å². The molecule has 0 atom stereocenters. The molecule has 2 heterocycles. The van der Waals surface area contributed by atoms with E-state index in [4.69, 9.17) is 9.63 Å². The third-order valence-corrected chi connectivity index (χ3v) is 2.68. The molecule has 1 aromatic carbocycles. The normalized spacial score (nSPS) is 11.2. The molecule has 0 saturated carbocycles. The van der Waals surface area contributed by atoms with Crippen molar-refractivity contribution >= 4 is 10.9 Å². The number of fused-ring (bicyclic) bond motifs is 1. The molecule has 2 aromatic heterocycles. The van der Waals surface area contributed by atoms with Crippen LogP contribution in [0.15, 0.2) is 28.9 Å². The number of benzene rings is 1. The lowest BCUT2D eigenvalue weighted by Gasteiger charge is -1.92. The first-order valence-corrected chi connectivity index (χ1v) is 5.48. The lowest BCUT2D eigenvalue weighted by Crippen LogP contribution is -1.89. The summed E-state index contributed by atoms with van der Waals surface area (Å²) in [5, 5.41) is 13.5. The topological polar surface area (TPSA) is 74.9 Å². The second kappa shape index (κ2) is 4.23. The number of hydrogen-bond acceptors (Lipinski definition) is 4. The van der Waals surface area contributed by atoms with E-state index in [0.717, 1.165) is 10.9 Å². The monoisotopic (exact) mass is 247 g/mol. The van der Waals surface area contributed by atoms with Crippen molar-refractivity contribution in [3.63, 3.8) is 0 Å². The predicted molar refractivity (Wildman–Crippen MR) is 62.3 cm³/mol. The minimum absolute atomic E-state index is 0.0409. The molecule has 2 N–H and O–H groups in total. The van der Waals surface area contributed by atoms with Crippen molar-refractivity contribution in [2.45, 2.75) is 6.42 Å². The van der Waals surface area contributed by atoms with E-state index in [-0.39, 0.29) is 12.4 Å². The van der Waals surface area contributed by atoms with Crippen molar-refractivity contribution < 1.29 is 14.0 Å². The van der Waals surface area contributed by atoms with Gasteiger partial charge in [-0.15, -0.1) is 0 Å². The molecule has 6 heteroatoms. The Bertz CT molecular complexity index is 690. The fraction of sp³-hybridized carbons (Fsp3) is 0.167. The second-order valence-corrected chi connectivity index (χ2v) is 3.88. The second-order valence-electron chi connectivity index (χ2n) is 3.88. The largest absolute Gasteiger partial charge is 0.396 e. The van der Waals surface area contributed by atoms with Crippen molar-refractivity contribution in [1.82, 2.24) is 15.1 Å². The first kappa shape index (κ1) is 10.9. The van der Waals surface area contributed by atoms with Gasteiger partial charge in [-0.3, -0.25) is 0 Å². The average Bonchev–Trinajstić information content (AvgIpc) is 2.95. The van der Waals surface area contributed by atoms with Crippen molar-refractivity contribution in [2.24, 2.45) is 0 Å². The molecule has 0 radical (unpaired) electrons. The molecule has 3 rings (SSSR count). The zero-order valence-electron chi connectivity index (χ0n) is 9.35. The summed E-state index contributed by atoms with van der Waals surface area (Å²) in [4.78, 5) is 7.12. The van der Waals surface area contributed by atoms with E-state index < -0.39 is 0 Å². The molecule has 0 spiro atoms. The number of halogens is 1. The number of nitrogens with zero attached hydrogens (tertiary/aromatic N) is 2. The van der Waals surface area contributed by atoms with Gasteiger partial charge in [-0.05, 0) is 18.2 Å². The first-order valence-electron chi connectivity index (χ1n) is 5.48. The number of aliphatic hydroxyl groups is 1. The minimum atomic E-state index is -0.301. The number of aliphatic hydroxyl groups excluding tert-OH is 1. The summed E-state index contributed by atoms with van der Waals surface area (Å²) in [6.45, 7) is -0.0409. The molecular formula is C12H10FN3O2. The molecule has 0 amide bonds. The number of aromatic nitrogens is 3. The Kier molecular flexibility index (Phi) is 2.56. The molecule has 0 fully saturated rings. The van der Waals surface area contributed by atoms with Gasteiger partial charge in [-0.25, -0.2) is 4.39 Å². The molecule has 0 aliphatic carbocycles. The Morgan fingerprint density at radius 2 is 2.28 bits per heavy atom. The third kappa shape index (κ3) is 1.76. The van der Waals surface area contributed by atoms with E-state index in [9.17, 15) is 4.39 Å². The maximum atomic E-state index is 13.1. The Morgan fingerprint density at radius 1 is 1.39 bits per heavy atom. The summed E-state index contributed by atoms with van der Waals surface area (Å²) in [6, 6.07) is 4.46. The maximum Gasteiger partial charge on any atom is 0.229 e. The van der Waals surface area contributed by atoms with Gasteiger partial charge in [0.05, 0.1) is 13.0 Å². The molecule has 0 unspecified atom stereocenters. The predicted octanol–water partition coefficient (Wildman–Crippen LogP) is 1.89. The molecule has 0 bridgehead atoms. The SMILES string of the molecule is OCCc1nc(-c2c[nH]c3cc(F)ccc23)no1. The highest BCUT2D eigenvalue weighted by molar-refractivity contribution is 5.93. The van der Waals surface area contributed by atoms with E-state index >= 15 is 0 Å². The third-order valence-electron chi connectivity index (χ3n) is 2.68. The number of aromatic amines is 1. The highest BCUT2D eigenvalue weighted by Gasteiger charge is 2.13. The summed E-state index contributed by atoms with van der Waals surface area (Å²) in [5.41, 5.74) is 1.43. The quantitative estimate of drug-likeness (QED) is 0.741. The molecular weight excluding hydrogens is 237 g/mol. The smallest absolute Gasteiger partial charge is 0.229 e. The van der Waals surface area contributed by atoms with Crippen molar-refractivity contribution in [1.29, 1.82) is 0 Å². The van der Waals surface area contributed by atoms with Crippen LogP contribution in [-0.4, -0.2) is 26.8 Å². The molecule has 0 aliphatic rings. The van der Waals surface area contributed by atoms with Crippen molar-refractivity contribution in [3.05, 3.63) is 36.1 Å². The highest BCUT2D eigenvalue weighted by Crippen LogP contribution is 2.26. The summed E-state index contributed by atoms with van der Waals surface area (Å²) in [7, 11) is 0. The number of H-pyrrole nitrogens is 1. The van der Waals surface area contributed by atoms with E-state index in [0.29, 0.717) is 23.7 Å². The van der Waals surface area contributed by atoms with Crippen LogP contribution >= 0.6 is 0 Å². The van der Waals surface area contributed by atoms with Gasteiger partial charge < -0.3 is 14.6 Å². The highest BCUT2D eigenvalue weighted by atomic mass is 19.1. The number of rotatable bonds is 3. The van der Waals surface area contributed by atoms with Crippen molar-refractivity contribution in [3.8, 4) is 11.4 Å². The van der Waals surface area contributed by atoms with Crippen LogP contribution in [0.4, 0.5) is 4.39 Å². The first-order chi connectivity index (χ1) is 8.78. The van der Waals surface area contributed by atoms with E-state index in [1.165, 1.54) is 12.1 Å². The van der Waals surface area contributed by atoms with Crippen molar-refractivity contribution in [2.75, 3.05) is 6.61 Å². The van der Waals surface area contributed by atoms with Crippen LogP contribution in [-0.2, 0) is 6.42 Å². The summed E-state index contributed by atoms with van der Waals surface area (Å²) in [5.74, 6) is 0.505. The van der Waals surface area contributed by atoms with Gasteiger partial charge in [0.2, 0.25) is 11.7 Å². The van der Waals surface area contributed by atoms with Crippen LogP contribution in [0.3, 0.4) is 0 Å². The zero-order valence-corrected chi connectivity index (χ0v) is 9.35. The van der Waals surface area contributed by atoms with Gasteiger partial charge in [0.15, 0.2) is 0 Å². The van der Waals surface area contributed by atoms with Gasteiger partial charge in [-0.2, -0.15) is 4.98 Å². The molecule has 5 nitrogen and oxygen atoms in total. The summed E-state index contributed by atoms with van der Waals surface area (Å²) in [6.07, 6.45) is 2.03. The Hall–Kier alpha value is -2.21. The average molecular weight is 247 g/mol. The molecule has 92 valence electrons. The van der Waals surface area contributed by atoms with E-state index in [1.807, 2.05) is 0 Å². The standard InChI is InChI=1S/C12H10FN3O2/c13-7-1-2-8-9(6-14-10(8)5-7)12-15-11(3-4-17)18-16-12/h1-2,5-6,14,17H,3-4H2. The van der Waals surface area contributed by atoms with Crippen LogP contribution in [0, 0.1) is 5.82 Å². The van der Waals surface area contributed by atoms with Crippen LogP contribution in [0.1, 0.15) is 5.89 Å². The number of nitrogens with one attached hydrogen (secondary N) is 1. The van der Waals surface area contributed by atoms with Gasteiger partial charge in [0, 0.05) is 22.7 Å². The van der Waals surface area contributed by atoms with E-state index in [1.54, 1.807) is 12.3 Å². The van der Waals surface area contributed by atoms with Crippen LogP contribution in [0.2, 0.25) is 0 Å². The van der Waals surface area contributed by atoms with E-state index in [2.05, 4.69) is 15.1 Å². The Morgan fingerprint density at radius 3 is 3.11 bits per heavy atom. The Labute approximate surface area is 101 Å². The Balaban J connectivity index is 2.07. The summed E-state index contributed by atoms with van der Waals surface area (Å²) >= 11 is 0. The van der Waals surface area contributed by atoms with Gasteiger partial charge in [0.25, 0.3) is 0 Å². The maximum absolute atomic E-state index is 13.1.